The second-order valence-electron chi connectivity index (χ2n) is 31.9. The van der Waals surface area contributed by atoms with Gasteiger partial charge in [-0.3, -0.25) is 24.6 Å². The van der Waals surface area contributed by atoms with Crippen molar-refractivity contribution >= 4 is 200 Å². The molecule has 7 aromatic heterocycles. The Hall–Kier alpha value is -11.5. The lowest BCUT2D eigenvalue weighted by atomic mass is 10.0. The first-order chi connectivity index (χ1) is 62.7. The summed E-state index contributed by atoms with van der Waals surface area (Å²) in [5.74, 6) is -2.74. The number of nitrogens with zero attached hydrogens (tertiary/aromatic N) is 12. The third-order valence-corrected chi connectivity index (χ3v) is 25.9. The fraction of sp³-hybridized carbons (Fsp3) is 0.267. The highest BCUT2D eigenvalue weighted by Crippen LogP contribution is 2.39. The lowest BCUT2D eigenvalue weighted by Gasteiger charge is -2.04. The van der Waals surface area contributed by atoms with Crippen molar-refractivity contribution in [2.45, 2.75) is 169 Å². The van der Waals surface area contributed by atoms with E-state index in [0.29, 0.717) is 84.3 Å². The van der Waals surface area contributed by atoms with Gasteiger partial charge in [-0.25, -0.2) is 54.5 Å². The number of methoxy groups -OCH3 is 2. The van der Waals surface area contributed by atoms with Gasteiger partial charge in [0.25, 0.3) is 0 Å². The molecule has 16 heterocycles. The van der Waals surface area contributed by atoms with E-state index in [9.17, 15) is 41.1 Å². The minimum Gasteiger partial charge on any atom is -0.465 e. The van der Waals surface area contributed by atoms with Crippen LogP contribution in [0.5, 0.6) is 0 Å². The van der Waals surface area contributed by atoms with Gasteiger partial charge in [0.05, 0.1) is 41.1 Å². The molecule has 31 heteroatoms. The summed E-state index contributed by atoms with van der Waals surface area (Å²) in [7, 11) is 2.76. The molecule has 9 aliphatic rings. The van der Waals surface area contributed by atoms with Gasteiger partial charge >= 0.3 is 11.9 Å². The number of hydrogen-bond donors (Lipinski definition) is 0. The van der Waals surface area contributed by atoms with E-state index in [1.165, 1.54) is 87.4 Å². The Morgan fingerprint density at radius 2 is 0.682 bits per heavy atom. The third kappa shape index (κ3) is 28.7. The van der Waals surface area contributed by atoms with Crippen LogP contribution in [0.15, 0.2) is 249 Å². The van der Waals surface area contributed by atoms with Crippen molar-refractivity contribution in [2.24, 2.45) is 44.9 Å². The molecule has 18 rings (SSSR count). The number of benzene rings is 2. The van der Waals surface area contributed by atoms with Crippen LogP contribution in [0.4, 0.5) is 22.0 Å². The normalized spacial score (nSPS) is 15.7. The van der Waals surface area contributed by atoms with Gasteiger partial charge in [0.15, 0.2) is 11.6 Å². The second kappa shape index (κ2) is 47.7. The predicted octanol–water partition coefficient (Wildman–Crippen LogP) is 29.1. The van der Waals surface area contributed by atoms with Crippen LogP contribution >= 0.6 is 91.8 Å². The fourth-order valence-corrected chi connectivity index (χ4v) is 17.8. The molecular weight excluding hydrogens is 1840 g/mol. The number of rotatable bonds is 13. The molecule has 0 unspecified atom stereocenters. The largest absolute Gasteiger partial charge is 0.465 e. The number of esters is 2. The van der Waals surface area contributed by atoms with Gasteiger partial charge in [0.1, 0.15) is 30.4 Å². The van der Waals surface area contributed by atoms with E-state index in [2.05, 4.69) is 101 Å². The number of hydrogen-bond acceptors (Lipinski definition) is 22. The summed E-state index contributed by atoms with van der Waals surface area (Å²) in [5.41, 5.74) is 29.1. The van der Waals surface area contributed by atoms with E-state index >= 15 is 0 Å². The summed E-state index contributed by atoms with van der Waals surface area (Å²) < 4.78 is 75.6. The average molecular weight is 1940 g/mol. The maximum atomic E-state index is 13.5. The van der Waals surface area contributed by atoms with Gasteiger partial charge in [-0.15, -0.1) is 45.3 Å². The number of halogens is 9. The van der Waals surface area contributed by atoms with Crippen LogP contribution < -0.4 is 0 Å². The number of pyridine rings is 3. The molecule has 132 heavy (non-hydrogen) atoms. The number of aliphatic imine (C=N–C) groups is 9. The van der Waals surface area contributed by atoms with Crippen molar-refractivity contribution in [1.82, 2.24) is 15.0 Å². The van der Waals surface area contributed by atoms with Crippen LogP contribution in [0, 0.1) is 46.5 Å². The monoisotopic (exact) mass is 1940 g/mol. The van der Waals surface area contributed by atoms with E-state index in [-0.39, 0.29) is 46.5 Å². The van der Waals surface area contributed by atoms with Crippen molar-refractivity contribution in [2.75, 3.05) is 14.2 Å². The van der Waals surface area contributed by atoms with Crippen molar-refractivity contribution < 1.29 is 50.6 Å². The molecule has 0 N–H and O–H groups in total. The number of Topliss-reactive ketones (excluding diaryl/α,β-unsaturated/α-hetero) is 2. The molecule has 0 saturated heterocycles. The molecule has 0 radical (unpaired) electrons. The van der Waals surface area contributed by atoms with Crippen LogP contribution in [0.3, 0.4) is 0 Å². The van der Waals surface area contributed by atoms with E-state index < -0.39 is 17.8 Å². The van der Waals surface area contributed by atoms with Crippen LogP contribution in [-0.2, 0) is 9.47 Å². The molecule has 0 bridgehead atoms. The van der Waals surface area contributed by atoms with E-state index in [1.54, 1.807) is 85.0 Å². The van der Waals surface area contributed by atoms with Gasteiger partial charge in [-0.05, 0) is 254 Å². The van der Waals surface area contributed by atoms with Gasteiger partial charge < -0.3 is 9.47 Å². The summed E-state index contributed by atoms with van der Waals surface area (Å²) in [5, 5.41) is 9.95. The van der Waals surface area contributed by atoms with Gasteiger partial charge in [-0.2, -0.15) is 22.0 Å². The molecule has 0 saturated carbocycles. The Bertz CT molecular complexity index is 6290. The Morgan fingerprint density at radius 3 is 1.02 bits per heavy atom. The SMILES string of the molecule is CC(=O)c1cc(C2=C(Cl)N=C(C)C2)cs1.CC(=O)c1cc(C2=CN=C(C)C2)cs1.CC1=C(Cl)N=C(c2ccc(C)cc2)C1.CC1=C(F)N=C(c2ccc(C)cc2)C1.CC1=C(F)N=C(c2ccc(C)nc2)C1.CC1=NC(Cl)=C(c2ccc(C)nc2F)C1.CC1=NC(F)=C(c2ccc(C)nc2F)C1.COC(=O)c1cc(C2=C(Cl)N=C(C)C2)cs1.COC(=O)c1cc(C2=CN=C(C)C2)cs1. The zero-order chi connectivity index (χ0) is 96.1. The molecule has 0 atom stereocenters. The average Bonchev–Trinajstić information content (AvgIpc) is 1.24. The number of allylic oxidation sites excluding steroid dienone is 9. The van der Waals surface area contributed by atoms with Crippen LogP contribution in [0.25, 0.3) is 33.4 Å². The molecule has 0 amide bonds. The number of carbonyl (C=O) groups excluding carboxylic acids is 4. The number of thiophene rings is 4. The topological polar surface area (TPSA) is 237 Å². The van der Waals surface area contributed by atoms with Crippen LogP contribution in [-0.4, -0.2) is 104 Å². The summed E-state index contributed by atoms with van der Waals surface area (Å²) in [6, 6.07) is 34.4. The maximum Gasteiger partial charge on any atom is 0.348 e. The number of carbonyl (C=O) groups is 4. The first-order valence-corrected chi connectivity index (χ1v) is 46.6. The summed E-state index contributed by atoms with van der Waals surface area (Å²) in [6.45, 7) is 29.7. The number of aromatic nitrogens is 3. The highest BCUT2D eigenvalue weighted by atomic mass is 35.5. The van der Waals surface area contributed by atoms with Gasteiger partial charge in [0, 0.05) is 167 Å². The number of ether oxygens (including phenoxy) is 2. The van der Waals surface area contributed by atoms with Crippen molar-refractivity contribution in [3.63, 3.8) is 0 Å². The Labute approximate surface area is 801 Å². The van der Waals surface area contributed by atoms with E-state index in [0.717, 1.165) is 154 Å². The second-order valence-corrected chi connectivity index (χ2v) is 37.0. The fourth-order valence-electron chi connectivity index (χ4n) is 13.4. The predicted molar refractivity (Wildman–Crippen MR) is 537 cm³/mol. The van der Waals surface area contributed by atoms with Crippen molar-refractivity contribution in [1.29, 1.82) is 0 Å². The van der Waals surface area contributed by atoms with Gasteiger partial charge in [-0.1, -0.05) is 106 Å². The van der Waals surface area contributed by atoms with Crippen molar-refractivity contribution in [3.8, 4) is 0 Å². The lowest BCUT2D eigenvalue weighted by molar-refractivity contribution is 0.0597. The Kier molecular flexibility index (Phi) is 37.1. The zero-order valence-electron chi connectivity index (χ0n) is 76.1. The smallest absolute Gasteiger partial charge is 0.348 e. The quantitative estimate of drug-likeness (QED) is 0.0350. The molecule has 9 aromatic rings. The molecule has 9 aliphatic heterocycles. The van der Waals surface area contributed by atoms with Crippen LogP contribution in [0.2, 0.25) is 0 Å². The molecule has 0 spiro atoms. The van der Waals surface area contributed by atoms with Crippen LogP contribution in [0.1, 0.15) is 251 Å². The third-order valence-electron chi connectivity index (χ3n) is 20.7. The maximum absolute atomic E-state index is 13.5. The molecule has 0 fully saturated rings. The highest BCUT2D eigenvalue weighted by molar-refractivity contribution is 7.13. The number of aryl methyl sites for hydroxylation is 5. The molecule has 2 aromatic carbocycles. The van der Waals surface area contributed by atoms with Gasteiger partial charge in [0.2, 0.25) is 29.7 Å². The zero-order valence-corrected chi connectivity index (χ0v) is 82.4. The molecule has 684 valence electrons. The first-order valence-electron chi connectivity index (χ1n) is 41.5. The first kappa shape index (κ1) is 103. The molecule has 18 nitrogen and oxygen atoms in total. The molecular formula is C101H97Cl4F5N12O6S4. The minimum absolute atomic E-state index is 0.0959. The van der Waals surface area contributed by atoms with E-state index in [1.807, 2.05) is 144 Å². The number of ketones is 2. The lowest BCUT2D eigenvalue weighted by Crippen LogP contribution is -1.98. The highest BCUT2D eigenvalue weighted by Gasteiger charge is 2.26. The summed E-state index contributed by atoms with van der Waals surface area (Å²) in [6.07, 6.45) is 11.9. The Balaban J connectivity index is 0.000000154. The van der Waals surface area contributed by atoms with Crippen molar-refractivity contribution in [3.05, 3.63) is 314 Å². The standard InChI is InChI=1S/C12H12ClN.C12H12FN.C11H10ClFN2.C11H10ClNO2S.C11H10ClNOS.C11H10F2N2.C11H11FN2.C11H11NO2S.C11H11NOS/c2*1-8-3-5-10(6-4-8)11-7-9(2)12(13)14-11;1-6-3-4-8(11(13)15-6)9-5-7(2)14-10(9)12;1-6-3-8(10(12)13-6)7-4-9(16-5-7)11(14)15-2;1-6-3-9(11(12)13-6)8-4-10(7(2)14)15-5-8;1-6-3-4-8(10(12)14-6)9-5-7(2)15-11(9)13;1-7-5-10(14-11(7)12)9-4-3-8(2)13-6-9;1-7-3-8(5-12-7)9-4-10(15-6-9)11(13)14-2;1-7-3-9(5-12-7)10-4-11(8(2)13)14-6-10/h2*3-6H,7H2,1-2H3;3-4H,5H2,1-2H3;4-5H,3H2,1-2H3;4-5H,3H2,1-2H3;3-4H,5H2,1-2H3;3-4,6H,5H2,1-2H3;4-6H,3H2,1-2H3;4-6H,3H2,1-2H3. The Morgan fingerprint density at radius 1 is 0.333 bits per heavy atom. The summed E-state index contributed by atoms with van der Waals surface area (Å²) in [4.78, 5) is 95.8. The van der Waals surface area contributed by atoms with E-state index in [4.69, 9.17) is 46.4 Å². The molecule has 0 aliphatic carbocycles. The minimum atomic E-state index is -0.634. The summed E-state index contributed by atoms with van der Waals surface area (Å²) >= 11 is 29.6.